The molecule has 0 bridgehead atoms. The molecule has 0 heterocycles. The molecule has 2 aromatic carbocycles. The fraction of sp³-hybridized carbons (Fsp3) is 0.400. The van der Waals surface area contributed by atoms with Gasteiger partial charge in [0, 0.05) is 5.02 Å². The predicted molar refractivity (Wildman–Crippen MR) is 104 cm³/mol. The van der Waals surface area contributed by atoms with E-state index in [-0.39, 0.29) is 17.0 Å². The molecular weight excluding hydrogens is 370 g/mol. The normalized spacial score (nSPS) is 20.7. The largest absolute Gasteiger partial charge is 0.489 e. The Morgan fingerprint density at radius 3 is 2.27 bits per heavy atom. The topological polar surface area (TPSA) is 55.4 Å². The highest BCUT2D eigenvalue weighted by molar-refractivity contribution is 7.89. The lowest BCUT2D eigenvalue weighted by Gasteiger charge is -2.32. The molecule has 0 unspecified atom stereocenters. The Balaban J connectivity index is 1.77. The molecule has 1 N–H and O–H groups in total. The van der Waals surface area contributed by atoms with Crippen molar-refractivity contribution in [1.29, 1.82) is 0 Å². The molecule has 1 saturated carbocycles. The molecule has 1 aliphatic rings. The van der Waals surface area contributed by atoms with Crippen LogP contribution in [-0.4, -0.2) is 20.6 Å². The Kier molecular flexibility index (Phi) is 5.90. The van der Waals surface area contributed by atoms with E-state index < -0.39 is 10.0 Å². The maximum absolute atomic E-state index is 12.7. The first-order chi connectivity index (χ1) is 12.3. The number of benzene rings is 2. The zero-order valence-corrected chi connectivity index (χ0v) is 16.6. The van der Waals surface area contributed by atoms with Gasteiger partial charge in [-0.2, -0.15) is 0 Å². The van der Waals surface area contributed by atoms with Gasteiger partial charge in [-0.05, 0) is 80.6 Å². The van der Waals surface area contributed by atoms with Crippen LogP contribution < -0.4 is 9.46 Å². The van der Waals surface area contributed by atoms with E-state index in [9.17, 15) is 8.42 Å². The van der Waals surface area contributed by atoms with Crippen LogP contribution in [-0.2, 0) is 10.0 Å². The molecular formula is C20H24ClNO3S. The molecule has 0 radical (unpaired) electrons. The van der Waals surface area contributed by atoms with Crippen molar-refractivity contribution >= 4 is 21.6 Å². The third-order valence-corrected chi connectivity index (χ3v) is 6.37. The average molecular weight is 394 g/mol. The summed E-state index contributed by atoms with van der Waals surface area (Å²) in [6, 6.07) is 12.0. The van der Waals surface area contributed by atoms with E-state index in [1.807, 2.05) is 26.0 Å². The van der Waals surface area contributed by atoms with E-state index in [0.717, 1.165) is 42.6 Å². The zero-order valence-electron chi connectivity index (χ0n) is 15.0. The molecule has 4 nitrogen and oxygen atoms in total. The third-order valence-electron chi connectivity index (χ3n) is 4.62. The van der Waals surface area contributed by atoms with Crippen LogP contribution in [0.2, 0.25) is 5.02 Å². The Hall–Kier alpha value is -1.56. The first-order valence-corrected chi connectivity index (χ1v) is 10.7. The van der Waals surface area contributed by atoms with Gasteiger partial charge in [0.2, 0.25) is 10.0 Å². The van der Waals surface area contributed by atoms with Gasteiger partial charge >= 0.3 is 0 Å². The van der Waals surface area contributed by atoms with Gasteiger partial charge in [-0.3, -0.25) is 0 Å². The molecule has 2 aromatic rings. The summed E-state index contributed by atoms with van der Waals surface area (Å²) in [7, 11) is -3.61. The number of rotatable bonds is 5. The second-order valence-corrected chi connectivity index (χ2v) is 9.10. The minimum Gasteiger partial charge on any atom is -0.489 e. The molecule has 1 fully saturated rings. The second-order valence-electron chi connectivity index (χ2n) is 6.95. The van der Waals surface area contributed by atoms with Crippen LogP contribution in [0, 0.1) is 13.8 Å². The molecule has 6 heteroatoms. The van der Waals surface area contributed by atoms with E-state index in [4.69, 9.17) is 16.3 Å². The first-order valence-electron chi connectivity index (χ1n) is 8.86. The lowest BCUT2D eigenvalue weighted by molar-refractivity contribution is 0.124. The van der Waals surface area contributed by atoms with E-state index in [1.54, 1.807) is 12.1 Å². The highest BCUT2D eigenvalue weighted by Crippen LogP contribution is 2.27. The number of hydrogen-bond acceptors (Lipinski definition) is 3. The Morgan fingerprint density at radius 1 is 1.00 bits per heavy atom. The van der Waals surface area contributed by atoms with E-state index in [1.165, 1.54) is 12.1 Å². The maximum Gasteiger partial charge on any atom is 0.240 e. The minimum absolute atomic E-state index is 0.174. The molecule has 0 aliphatic heterocycles. The minimum atomic E-state index is -3.61. The van der Waals surface area contributed by atoms with Crippen LogP contribution in [0.1, 0.15) is 36.8 Å². The van der Waals surface area contributed by atoms with Gasteiger partial charge < -0.3 is 4.74 Å². The van der Waals surface area contributed by atoms with Crippen molar-refractivity contribution in [2.24, 2.45) is 0 Å². The highest BCUT2D eigenvalue weighted by Gasteiger charge is 2.31. The van der Waals surface area contributed by atoms with Crippen LogP contribution in [0.5, 0.6) is 5.75 Å². The monoisotopic (exact) mass is 393 g/mol. The van der Waals surface area contributed by atoms with Gasteiger partial charge in [-0.15, -0.1) is 0 Å². The first kappa shape index (κ1) is 19.2. The van der Waals surface area contributed by atoms with Crippen molar-refractivity contribution in [3.05, 3.63) is 58.6 Å². The quantitative estimate of drug-likeness (QED) is 0.805. The molecule has 0 aromatic heterocycles. The summed E-state index contributed by atoms with van der Waals surface area (Å²) >= 11 is 5.86. The number of ether oxygens (including phenoxy) is 1. The smallest absolute Gasteiger partial charge is 0.240 e. The molecule has 0 amide bonds. The van der Waals surface area contributed by atoms with Crippen molar-refractivity contribution in [3.8, 4) is 5.75 Å². The lowest BCUT2D eigenvalue weighted by Crippen LogP contribution is -2.47. The number of hydrogen-bond donors (Lipinski definition) is 1. The fourth-order valence-corrected chi connectivity index (χ4v) is 4.85. The molecule has 0 spiro atoms. The van der Waals surface area contributed by atoms with Crippen LogP contribution in [0.3, 0.4) is 0 Å². The van der Waals surface area contributed by atoms with Gasteiger partial charge in [0.25, 0.3) is 0 Å². The fourth-order valence-electron chi connectivity index (χ4n) is 3.43. The highest BCUT2D eigenvalue weighted by atomic mass is 35.5. The van der Waals surface area contributed by atoms with Crippen LogP contribution in [0.4, 0.5) is 0 Å². The summed E-state index contributed by atoms with van der Waals surface area (Å²) < 4.78 is 34.4. The van der Waals surface area contributed by atoms with Crippen molar-refractivity contribution < 1.29 is 13.2 Å². The number of aryl methyl sites for hydroxylation is 2. The summed E-state index contributed by atoms with van der Waals surface area (Å²) in [5, 5.41) is 0.512. The van der Waals surface area contributed by atoms with Gasteiger partial charge in [0.1, 0.15) is 11.9 Å². The summed E-state index contributed by atoms with van der Waals surface area (Å²) in [6.45, 7) is 4.06. The van der Waals surface area contributed by atoms with Crippen LogP contribution in [0.15, 0.2) is 47.4 Å². The van der Waals surface area contributed by atoms with E-state index in [2.05, 4.69) is 10.8 Å². The summed E-state index contributed by atoms with van der Waals surface area (Å²) in [5.41, 5.74) is 2.27. The Labute approximate surface area is 160 Å². The predicted octanol–water partition coefficient (Wildman–Crippen LogP) is 4.63. The van der Waals surface area contributed by atoms with Gasteiger partial charge in [0.15, 0.2) is 0 Å². The lowest BCUT2D eigenvalue weighted by atomic mass is 9.93. The maximum atomic E-state index is 12.7. The number of sulfonamides is 1. The SMILES string of the molecule is Cc1cc(C)cc(O[C@@H]2CCCC[C@H]2NS(=O)(=O)c2ccc(Cl)cc2)c1. The summed E-state index contributed by atoms with van der Waals surface area (Å²) in [5.74, 6) is 0.796. The van der Waals surface area contributed by atoms with Gasteiger partial charge in [0.05, 0.1) is 10.9 Å². The van der Waals surface area contributed by atoms with Gasteiger partial charge in [-0.25, -0.2) is 13.1 Å². The Morgan fingerprint density at radius 2 is 1.62 bits per heavy atom. The van der Waals surface area contributed by atoms with Crippen molar-refractivity contribution in [2.45, 2.75) is 56.6 Å². The molecule has 26 heavy (non-hydrogen) atoms. The molecule has 140 valence electrons. The van der Waals surface area contributed by atoms with E-state index in [0.29, 0.717) is 5.02 Å². The average Bonchev–Trinajstić information content (AvgIpc) is 2.56. The second kappa shape index (κ2) is 7.99. The van der Waals surface area contributed by atoms with Crippen molar-refractivity contribution in [2.75, 3.05) is 0 Å². The standard InChI is InChI=1S/C20H24ClNO3S/c1-14-11-15(2)13-17(12-14)25-20-6-4-3-5-19(20)22-26(23,24)18-9-7-16(21)8-10-18/h7-13,19-20,22H,3-6H2,1-2H3/t19-,20-/m1/s1. The van der Waals surface area contributed by atoms with Crippen molar-refractivity contribution in [1.82, 2.24) is 4.72 Å². The van der Waals surface area contributed by atoms with Crippen molar-refractivity contribution in [3.63, 3.8) is 0 Å². The van der Waals surface area contributed by atoms with E-state index >= 15 is 0 Å². The molecule has 0 saturated heterocycles. The summed E-state index contributed by atoms with van der Waals surface area (Å²) in [4.78, 5) is 0.220. The Bertz CT molecular complexity index is 845. The van der Waals surface area contributed by atoms with Crippen LogP contribution in [0.25, 0.3) is 0 Å². The van der Waals surface area contributed by atoms with Crippen LogP contribution >= 0.6 is 11.6 Å². The number of nitrogens with one attached hydrogen (secondary N) is 1. The molecule has 3 rings (SSSR count). The molecule has 2 atom stereocenters. The zero-order chi connectivity index (χ0) is 18.7. The third kappa shape index (κ3) is 4.78. The van der Waals surface area contributed by atoms with Gasteiger partial charge in [-0.1, -0.05) is 24.1 Å². The number of halogens is 1. The molecule has 1 aliphatic carbocycles. The summed E-state index contributed by atoms with van der Waals surface area (Å²) in [6.07, 6.45) is 3.45.